The Morgan fingerprint density at radius 2 is 2.04 bits per heavy atom. The summed E-state index contributed by atoms with van der Waals surface area (Å²) < 4.78 is 1.84. The number of anilines is 1. The van der Waals surface area contributed by atoms with E-state index in [1.54, 1.807) is 12.3 Å². The number of aryl methyl sites for hydroxylation is 1. The van der Waals surface area contributed by atoms with Gasteiger partial charge >= 0.3 is 0 Å². The maximum atomic E-state index is 13.0. The Hall–Kier alpha value is -3.20. The molecule has 3 aromatic rings. The van der Waals surface area contributed by atoms with Gasteiger partial charge in [0.05, 0.1) is 22.8 Å². The lowest BCUT2D eigenvalue weighted by Gasteiger charge is -2.15. The number of fused-ring (bicyclic) bond motifs is 1. The van der Waals surface area contributed by atoms with Crippen molar-refractivity contribution in [3.05, 3.63) is 53.3 Å². The van der Waals surface area contributed by atoms with E-state index in [1.807, 2.05) is 35.9 Å². The number of hydrogen-bond donors (Lipinski definition) is 1. The molecule has 0 unspecified atom stereocenters. The predicted molar refractivity (Wildman–Crippen MR) is 98.9 cm³/mol. The van der Waals surface area contributed by atoms with Crippen LogP contribution in [0.15, 0.2) is 36.5 Å². The summed E-state index contributed by atoms with van der Waals surface area (Å²) in [5, 5.41) is 17.8. The molecule has 130 valence electrons. The first-order chi connectivity index (χ1) is 12.7. The average molecular weight is 345 g/mol. The van der Waals surface area contributed by atoms with Crippen molar-refractivity contribution in [2.45, 2.75) is 38.6 Å². The van der Waals surface area contributed by atoms with E-state index in [4.69, 9.17) is 0 Å². The number of para-hydroxylation sites is 1. The summed E-state index contributed by atoms with van der Waals surface area (Å²) in [6.07, 6.45) is 5.96. The number of pyridine rings is 1. The Kier molecular flexibility index (Phi) is 4.13. The molecule has 1 aliphatic carbocycles. The van der Waals surface area contributed by atoms with Crippen LogP contribution >= 0.6 is 0 Å². The number of aromatic nitrogens is 3. The maximum absolute atomic E-state index is 13.0. The standard InChI is InChI=1S/C20H19N5O/c1-13-17(12-21)19(25(24-13)14-6-2-3-7-14)23-20(26)16-10-11-22-18-9-5-4-8-15(16)18/h4-5,8-11,14H,2-3,6-7H2,1H3,(H,23,26). The fourth-order valence-corrected chi connectivity index (χ4v) is 3.68. The van der Waals surface area contributed by atoms with Gasteiger partial charge in [0, 0.05) is 11.6 Å². The SMILES string of the molecule is Cc1nn(C2CCCC2)c(NC(=O)c2ccnc3ccccc23)c1C#N. The first-order valence-corrected chi connectivity index (χ1v) is 8.83. The Morgan fingerprint density at radius 1 is 1.27 bits per heavy atom. The van der Waals surface area contributed by atoms with Crippen LogP contribution in [0.3, 0.4) is 0 Å². The van der Waals surface area contributed by atoms with Gasteiger partial charge in [-0.2, -0.15) is 10.4 Å². The van der Waals surface area contributed by atoms with Crippen molar-refractivity contribution in [3.63, 3.8) is 0 Å². The first-order valence-electron chi connectivity index (χ1n) is 8.83. The fourth-order valence-electron chi connectivity index (χ4n) is 3.68. The molecular weight excluding hydrogens is 326 g/mol. The van der Waals surface area contributed by atoms with Gasteiger partial charge in [0.1, 0.15) is 17.5 Å². The Labute approximate surface area is 151 Å². The number of benzene rings is 1. The molecule has 6 nitrogen and oxygen atoms in total. The smallest absolute Gasteiger partial charge is 0.257 e. The summed E-state index contributed by atoms with van der Waals surface area (Å²) in [5.41, 5.74) is 2.38. The molecule has 1 saturated carbocycles. The normalized spacial score (nSPS) is 14.5. The number of nitrogens with zero attached hydrogens (tertiary/aromatic N) is 4. The summed E-state index contributed by atoms with van der Waals surface area (Å²) in [5.74, 6) is 0.252. The van der Waals surface area contributed by atoms with E-state index in [0.717, 1.165) is 36.6 Å². The summed E-state index contributed by atoms with van der Waals surface area (Å²) in [6.45, 7) is 1.81. The minimum Gasteiger partial charge on any atom is -0.306 e. The highest BCUT2D eigenvalue weighted by Gasteiger charge is 2.26. The van der Waals surface area contributed by atoms with Gasteiger partial charge in [-0.05, 0) is 31.9 Å². The van der Waals surface area contributed by atoms with Crippen LogP contribution in [-0.2, 0) is 0 Å². The first kappa shape index (κ1) is 16.3. The second-order valence-electron chi connectivity index (χ2n) is 6.63. The average Bonchev–Trinajstić information content (AvgIpc) is 3.29. The van der Waals surface area contributed by atoms with Gasteiger partial charge in [-0.3, -0.25) is 9.78 Å². The largest absolute Gasteiger partial charge is 0.306 e. The van der Waals surface area contributed by atoms with E-state index in [9.17, 15) is 10.1 Å². The molecule has 6 heteroatoms. The number of carbonyl (C=O) groups excluding carboxylic acids is 1. The molecule has 0 aliphatic heterocycles. The molecule has 26 heavy (non-hydrogen) atoms. The van der Waals surface area contributed by atoms with Crippen LogP contribution in [0.1, 0.15) is 53.3 Å². The molecule has 0 saturated heterocycles. The van der Waals surface area contributed by atoms with Crippen LogP contribution in [0.4, 0.5) is 5.82 Å². The zero-order chi connectivity index (χ0) is 18.1. The van der Waals surface area contributed by atoms with Crippen LogP contribution in [0.5, 0.6) is 0 Å². The van der Waals surface area contributed by atoms with Crippen LogP contribution in [0.25, 0.3) is 10.9 Å². The second kappa shape index (κ2) is 6.60. The van der Waals surface area contributed by atoms with Crippen molar-refractivity contribution >= 4 is 22.6 Å². The third-order valence-corrected chi connectivity index (χ3v) is 4.99. The highest BCUT2D eigenvalue weighted by molar-refractivity contribution is 6.12. The summed E-state index contributed by atoms with van der Waals surface area (Å²) in [4.78, 5) is 17.3. The lowest BCUT2D eigenvalue weighted by atomic mass is 10.1. The van der Waals surface area contributed by atoms with Crippen molar-refractivity contribution < 1.29 is 4.79 Å². The minimum absolute atomic E-state index is 0.236. The predicted octanol–water partition coefficient (Wildman–Crippen LogP) is 3.98. The van der Waals surface area contributed by atoms with Gasteiger partial charge in [-0.15, -0.1) is 0 Å². The van der Waals surface area contributed by atoms with Crippen LogP contribution in [0.2, 0.25) is 0 Å². The molecule has 4 rings (SSSR count). The molecule has 0 spiro atoms. The second-order valence-corrected chi connectivity index (χ2v) is 6.63. The van der Waals surface area contributed by atoms with Gasteiger partial charge in [0.15, 0.2) is 0 Å². The number of carbonyl (C=O) groups is 1. The van der Waals surface area contributed by atoms with Gasteiger partial charge in [0.25, 0.3) is 5.91 Å². The number of amides is 1. The zero-order valence-electron chi connectivity index (χ0n) is 14.6. The summed E-state index contributed by atoms with van der Waals surface area (Å²) in [7, 11) is 0. The van der Waals surface area contributed by atoms with Gasteiger partial charge in [-0.25, -0.2) is 4.68 Å². The lowest BCUT2D eigenvalue weighted by molar-refractivity contribution is 0.102. The molecule has 1 fully saturated rings. The molecule has 2 aromatic heterocycles. The molecule has 1 N–H and O–H groups in total. The summed E-state index contributed by atoms with van der Waals surface area (Å²) >= 11 is 0. The van der Waals surface area contributed by atoms with Crippen LogP contribution in [-0.4, -0.2) is 20.7 Å². The lowest BCUT2D eigenvalue weighted by Crippen LogP contribution is -2.18. The van der Waals surface area contributed by atoms with E-state index in [1.165, 1.54) is 0 Å². The van der Waals surface area contributed by atoms with E-state index >= 15 is 0 Å². The Morgan fingerprint density at radius 3 is 2.81 bits per heavy atom. The summed E-state index contributed by atoms with van der Waals surface area (Å²) in [6, 6.07) is 11.7. The number of nitrogens with one attached hydrogen (secondary N) is 1. The molecule has 0 atom stereocenters. The quantitative estimate of drug-likeness (QED) is 0.778. The zero-order valence-corrected chi connectivity index (χ0v) is 14.6. The Balaban J connectivity index is 1.75. The van der Waals surface area contributed by atoms with E-state index in [-0.39, 0.29) is 11.9 Å². The molecular formula is C20H19N5O. The molecule has 1 aromatic carbocycles. The molecule has 1 amide bonds. The minimum atomic E-state index is -0.251. The van der Waals surface area contributed by atoms with E-state index < -0.39 is 0 Å². The molecule has 2 heterocycles. The topological polar surface area (TPSA) is 83.6 Å². The van der Waals surface area contributed by atoms with Crippen LogP contribution in [0, 0.1) is 18.3 Å². The van der Waals surface area contributed by atoms with Crippen molar-refractivity contribution in [1.29, 1.82) is 5.26 Å². The molecule has 0 radical (unpaired) electrons. The number of rotatable bonds is 3. The third-order valence-electron chi connectivity index (χ3n) is 4.99. The highest BCUT2D eigenvalue weighted by atomic mass is 16.1. The Bertz CT molecular complexity index is 1020. The van der Waals surface area contributed by atoms with Gasteiger partial charge < -0.3 is 5.32 Å². The van der Waals surface area contributed by atoms with Crippen molar-refractivity contribution in [1.82, 2.24) is 14.8 Å². The maximum Gasteiger partial charge on any atom is 0.257 e. The molecule has 0 bridgehead atoms. The van der Waals surface area contributed by atoms with Crippen LogP contribution < -0.4 is 5.32 Å². The third kappa shape index (κ3) is 2.72. The van der Waals surface area contributed by atoms with Crippen molar-refractivity contribution in [3.8, 4) is 6.07 Å². The number of hydrogen-bond acceptors (Lipinski definition) is 4. The molecule has 1 aliphatic rings. The number of nitriles is 1. The van der Waals surface area contributed by atoms with Crippen molar-refractivity contribution in [2.75, 3.05) is 5.32 Å². The van der Waals surface area contributed by atoms with Gasteiger partial charge in [0.2, 0.25) is 0 Å². The monoisotopic (exact) mass is 345 g/mol. The van der Waals surface area contributed by atoms with Crippen molar-refractivity contribution in [2.24, 2.45) is 0 Å². The fraction of sp³-hybridized carbons (Fsp3) is 0.300. The van der Waals surface area contributed by atoms with E-state index in [2.05, 4.69) is 21.5 Å². The van der Waals surface area contributed by atoms with Gasteiger partial charge in [-0.1, -0.05) is 31.0 Å². The van der Waals surface area contributed by atoms with E-state index in [0.29, 0.717) is 22.6 Å². The highest BCUT2D eigenvalue weighted by Crippen LogP contribution is 2.34.